The summed E-state index contributed by atoms with van der Waals surface area (Å²) in [5.74, 6) is 0. The number of rotatable bonds is 4. The third-order valence-electron chi connectivity index (χ3n) is 3.05. The zero-order valence-electron chi connectivity index (χ0n) is 11.3. The van der Waals surface area contributed by atoms with Crippen LogP contribution in [0.1, 0.15) is 15.6 Å². The third-order valence-corrected chi connectivity index (χ3v) is 3.97. The fourth-order valence-electron chi connectivity index (χ4n) is 2.13. The van der Waals surface area contributed by atoms with Gasteiger partial charge in [-0.1, -0.05) is 18.2 Å². The number of thiazole rings is 1. The normalized spacial score (nSPS) is 11.1. The molecule has 102 valence electrons. The van der Waals surface area contributed by atoms with Crippen molar-refractivity contribution in [3.05, 3.63) is 52.1 Å². The van der Waals surface area contributed by atoms with Crippen LogP contribution in [-0.4, -0.2) is 9.97 Å². The molecular formula is C15H16N4S. The lowest BCUT2D eigenvalue weighted by Crippen LogP contribution is -2.13. The number of anilines is 1. The second kappa shape index (κ2) is 5.56. The minimum atomic E-state index is 0.688. The molecule has 0 fully saturated rings. The number of aromatic nitrogens is 2. The third kappa shape index (κ3) is 2.79. The van der Waals surface area contributed by atoms with Crippen molar-refractivity contribution in [2.75, 3.05) is 5.73 Å². The second-order valence-corrected chi connectivity index (χ2v) is 6.01. The molecular weight excluding hydrogens is 268 g/mol. The number of aryl methyl sites for hydroxylation is 1. The molecule has 5 heteroatoms. The summed E-state index contributed by atoms with van der Waals surface area (Å²) in [7, 11) is 0. The maximum Gasteiger partial charge on any atom is 0.107 e. The van der Waals surface area contributed by atoms with E-state index in [0.717, 1.165) is 33.8 Å². The fourth-order valence-corrected chi connectivity index (χ4v) is 2.89. The molecule has 20 heavy (non-hydrogen) atoms. The number of hydrogen-bond donors (Lipinski definition) is 2. The van der Waals surface area contributed by atoms with Crippen molar-refractivity contribution in [2.24, 2.45) is 0 Å². The van der Waals surface area contributed by atoms with Crippen LogP contribution >= 0.6 is 11.3 Å². The average molecular weight is 284 g/mol. The van der Waals surface area contributed by atoms with E-state index >= 15 is 0 Å². The van der Waals surface area contributed by atoms with Crippen LogP contribution in [0.25, 0.3) is 10.9 Å². The molecule has 2 heterocycles. The van der Waals surface area contributed by atoms with E-state index in [9.17, 15) is 0 Å². The predicted octanol–water partition coefficient (Wildman–Crippen LogP) is 2.87. The van der Waals surface area contributed by atoms with Crippen LogP contribution < -0.4 is 11.1 Å². The fraction of sp³-hybridized carbons (Fsp3) is 0.200. The summed E-state index contributed by atoms with van der Waals surface area (Å²) in [5, 5.41) is 5.45. The van der Waals surface area contributed by atoms with Crippen LogP contribution in [0.3, 0.4) is 0 Å². The summed E-state index contributed by atoms with van der Waals surface area (Å²) in [6.45, 7) is 3.51. The van der Waals surface area contributed by atoms with Crippen molar-refractivity contribution in [1.29, 1.82) is 0 Å². The smallest absolute Gasteiger partial charge is 0.107 e. The van der Waals surface area contributed by atoms with E-state index in [1.54, 1.807) is 11.3 Å². The lowest BCUT2D eigenvalue weighted by atomic mass is 10.1. The van der Waals surface area contributed by atoms with Crippen molar-refractivity contribution < 1.29 is 0 Å². The highest BCUT2D eigenvalue weighted by Crippen LogP contribution is 2.20. The van der Waals surface area contributed by atoms with Gasteiger partial charge in [0.05, 0.1) is 11.2 Å². The maximum absolute atomic E-state index is 6.07. The van der Waals surface area contributed by atoms with E-state index in [1.807, 2.05) is 36.5 Å². The molecule has 0 radical (unpaired) electrons. The predicted molar refractivity (Wildman–Crippen MR) is 83.6 cm³/mol. The second-order valence-electron chi connectivity index (χ2n) is 4.69. The van der Waals surface area contributed by atoms with Crippen LogP contribution in [0.15, 0.2) is 36.5 Å². The Hall–Kier alpha value is -1.98. The van der Waals surface area contributed by atoms with Gasteiger partial charge in [-0.05, 0) is 19.1 Å². The highest BCUT2D eigenvalue weighted by molar-refractivity contribution is 7.11. The Kier molecular flexibility index (Phi) is 3.62. The first-order chi connectivity index (χ1) is 9.72. The van der Waals surface area contributed by atoms with E-state index < -0.39 is 0 Å². The van der Waals surface area contributed by atoms with Gasteiger partial charge < -0.3 is 11.1 Å². The molecule has 0 saturated carbocycles. The maximum atomic E-state index is 6.07. The first kappa shape index (κ1) is 13.0. The number of nitrogens with one attached hydrogen (secondary N) is 1. The van der Waals surface area contributed by atoms with Crippen LogP contribution in [0.2, 0.25) is 0 Å². The number of para-hydroxylation sites is 1. The Balaban J connectivity index is 1.71. The topological polar surface area (TPSA) is 63.8 Å². The van der Waals surface area contributed by atoms with E-state index in [1.165, 1.54) is 4.88 Å². The molecule has 0 aliphatic carbocycles. The molecule has 0 spiro atoms. The van der Waals surface area contributed by atoms with Gasteiger partial charge in [0.1, 0.15) is 5.01 Å². The number of fused-ring (bicyclic) bond motifs is 1. The number of pyridine rings is 1. The molecule has 0 saturated heterocycles. The highest BCUT2D eigenvalue weighted by Gasteiger charge is 2.03. The van der Waals surface area contributed by atoms with Gasteiger partial charge in [0, 0.05) is 35.2 Å². The zero-order chi connectivity index (χ0) is 13.9. The van der Waals surface area contributed by atoms with Gasteiger partial charge in [0.25, 0.3) is 0 Å². The van der Waals surface area contributed by atoms with Gasteiger partial charge in [0.15, 0.2) is 0 Å². The number of benzene rings is 1. The zero-order valence-corrected chi connectivity index (χ0v) is 12.1. The Labute approximate surface area is 121 Å². The standard InChI is InChI=1S/C15H16N4S/c1-10-7-18-15(20-10)9-17-8-11-6-13(16)12-4-2-3-5-14(12)19-11/h2-7,17H,8-9H2,1H3,(H2,16,19). The summed E-state index contributed by atoms with van der Waals surface area (Å²) in [6, 6.07) is 9.86. The molecule has 1 aromatic carbocycles. The van der Waals surface area contributed by atoms with Gasteiger partial charge in [0.2, 0.25) is 0 Å². The van der Waals surface area contributed by atoms with Crippen molar-refractivity contribution in [3.8, 4) is 0 Å². The monoisotopic (exact) mass is 284 g/mol. The van der Waals surface area contributed by atoms with Gasteiger partial charge in [-0.3, -0.25) is 4.98 Å². The highest BCUT2D eigenvalue weighted by atomic mass is 32.1. The van der Waals surface area contributed by atoms with Gasteiger partial charge in [-0.15, -0.1) is 11.3 Å². The summed E-state index contributed by atoms with van der Waals surface area (Å²) in [5.41, 5.74) is 8.73. The lowest BCUT2D eigenvalue weighted by molar-refractivity contribution is 0.679. The summed E-state index contributed by atoms with van der Waals surface area (Å²) >= 11 is 1.71. The van der Waals surface area contributed by atoms with Gasteiger partial charge in [-0.25, -0.2) is 4.98 Å². The molecule has 3 N–H and O–H groups in total. The molecule has 0 atom stereocenters. The molecule has 0 amide bonds. The quantitative estimate of drug-likeness (QED) is 0.773. The summed E-state index contributed by atoms with van der Waals surface area (Å²) in [4.78, 5) is 10.2. The molecule has 0 bridgehead atoms. The number of nitrogens with zero attached hydrogens (tertiary/aromatic N) is 2. The molecule has 0 aliphatic heterocycles. The minimum Gasteiger partial charge on any atom is -0.398 e. The van der Waals surface area contributed by atoms with Crippen molar-refractivity contribution in [3.63, 3.8) is 0 Å². The summed E-state index contributed by atoms with van der Waals surface area (Å²) in [6.07, 6.45) is 1.90. The summed E-state index contributed by atoms with van der Waals surface area (Å²) < 4.78 is 0. The molecule has 3 aromatic rings. The number of nitrogen functional groups attached to an aromatic ring is 1. The van der Waals surface area contributed by atoms with E-state index in [-0.39, 0.29) is 0 Å². The molecule has 0 unspecified atom stereocenters. The van der Waals surface area contributed by atoms with Crippen molar-refractivity contribution in [1.82, 2.24) is 15.3 Å². The molecule has 4 nitrogen and oxygen atoms in total. The van der Waals surface area contributed by atoms with Crippen LogP contribution in [0, 0.1) is 6.92 Å². The number of hydrogen-bond acceptors (Lipinski definition) is 5. The molecule has 2 aromatic heterocycles. The Morgan fingerprint density at radius 1 is 1.25 bits per heavy atom. The molecule has 3 rings (SSSR count). The van der Waals surface area contributed by atoms with Gasteiger partial charge in [-0.2, -0.15) is 0 Å². The Bertz CT molecular complexity index is 736. The first-order valence-corrected chi connectivity index (χ1v) is 7.30. The molecule has 0 aliphatic rings. The minimum absolute atomic E-state index is 0.688. The largest absolute Gasteiger partial charge is 0.398 e. The SMILES string of the molecule is Cc1cnc(CNCc2cc(N)c3ccccc3n2)s1. The van der Waals surface area contributed by atoms with E-state index in [0.29, 0.717) is 6.54 Å². The van der Waals surface area contributed by atoms with Crippen LogP contribution in [0.5, 0.6) is 0 Å². The number of nitrogens with two attached hydrogens (primary N) is 1. The van der Waals surface area contributed by atoms with Crippen LogP contribution in [0.4, 0.5) is 5.69 Å². The van der Waals surface area contributed by atoms with E-state index in [2.05, 4.69) is 22.2 Å². The first-order valence-electron chi connectivity index (χ1n) is 6.48. The average Bonchev–Trinajstić information content (AvgIpc) is 2.85. The van der Waals surface area contributed by atoms with Crippen LogP contribution in [-0.2, 0) is 13.1 Å². The van der Waals surface area contributed by atoms with Crippen molar-refractivity contribution in [2.45, 2.75) is 20.0 Å². The lowest BCUT2D eigenvalue weighted by Gasteiger charge is -2.07. The Morgan fingerprint density at radius 3 is 2.90 bits per heavy atom. The van der Waals surface area contributed by atoms with Crippen molar-refractivity contribution >= 4 is 27.9 Å². The Morgan fingerprint density at radius 2 is 2.10 bits per heavy atom. The van der Waals surface area contributed by atoms with E-state index in [4.69, 9.17) is 5.73 Å². The van der Waals surface area contributed by atoms with Gasteiger partial charge >= 0.3 is 0 Å².